The Balaban J connectivity index is 0.000000980. The van der Waals surface area contributed by atoms with Gasteiger partial charge in [0.1, 0.15) is 0 Å². The van der Waals surface area contributed by atoms with Gasteiger partial charge in [-0.25, -0.2) is 0 Å². The van der Waals surface area contributed by atoms with E-state index in [0.717, 1.165) is 30.9 Å². The highest BCUT2D eigenvalue weighted by molar-refractivity contribution is 5.85. The van der Waals surface area contributed by atoms with E-state index in [2.05, 4.69) is 4.90 Å². The Kier molecular flexibility index (Phi) is 5.80. The molecule has 0 bridgehead atoms. The van der Waals surface area contributed by atoms with Gasteiger partial charge < -0.3 is 15.7 Å². The maximum atomic E-state index is 9.35. The van der Waals surface area contributed by atoms with Crippen molar-refractivity contribution in [2.75, 3.05) is 23.7 Å². The summed E-state index contributed by atoms with van der Waals surface area (Å²) in [6.45, 7) is 1.68. The van der Waals surface area contributed by atoms with E-state index in [1.807, 2.05) is 24.3 Å². The van der Waals surface area contributed by atoms with E-state index >= 15 is 0 Å². The molecule has 1 aliphatic rings. The van der Waals surface area contributed by atoms with Crippen molar-refractivity contribution in [3.8, 4) is 0 Å². The molecule has 3 nitrogen and oxygen atoms in total. The Bertz CT molecular complexity index is 292. The first-order chi connectivity index (χ1) is 6.25. The van der Waals surface area contributed by atoms with E-state index < -0.39 is 0 Å². The lowest BCUT2D eigenvalue weighted by Crippen LogP contribution is -2.20. The van der Waals surface area contributed by atoms with Gasteiger partial charge >= 0.3 is 0 Å². The first-order valence-corrected chi connectivity index (χ1v) is 4.54. The average Bonchev–Trinajstić information content (AvgIpc) is 2.53. The van der Waals surface area contributed by atoms with E-state index in [1.165, 1.54) is 0 Å². The smallest absolute Gasteiger partial charge is 0.0731 e. The zero-order valence-corrected chi connectivity index (χ0v) is 9.93. The number of hydrogen-bond donors (Lipinski definition) is 2. The molecule has 0 unspecified atom stereocenters. The van der Waals surface area contributed by atoms with Gasteiger partial charge in [0.25, 0.3) is 0 Å². The Morgan fingerprint density at radius 3 is 2.27 bits per heavy atom. The molecule has 1 saturated heterocycles. The molecule has 0 aromatic heterocycles. The van der Waals surface area contributed by atoms with Gasteiger partial charge in [-0.05, 0) is 30.7 Å². The largest absolute Gasteiger partial charge is 0.399 e. The molecule has 1 heterocycles. The van der Waals surface area contributed by atoms with Gasteiger partial charge in [0.2, 0.25) is 0 Å². The van der Waals surface area contributed by atoms with Crippen molar-refractivity contribution >= 4 is 36.2 Å². The molecular weight excluding hydrogens is 235 g/mol. The molecule has 0 aliphatic carbocycles. The SMILES string of the molecule is Cl.Cl.Nc1ccc(N2CC[C@@H](O)C2)cc1. The minimum Gasteiger partial charge on any atom is -0.399 e. The predicted octanol–water partition coefficient (Wildman–Crippen LogP) is 1.68. The van der Waals surface area contributed by atoms with E-state index in [9.17, 15) is 5.11 Å². The van der Waals surface area contributed by atoms with Crippen LogP contribution in [0.3, 0.4) is 0 Å². The monoisotopic (exact) mass is 250 g/mol. The van der Waals surface area contributed by atoms with Crippen molar-refractivity contribution in [2.45, 2.75) is 12.5 Å². The van der Waals surface area contributed by atoms with Crippen LogP contribution in [-0.4, -0.2) is 24.3 Å². The molecule has 3 N–H and O–H groups in total. The summed E-state index contributed by atoms with van der Waals surface area (Å²) < 4.78 is 0. The summed E-state index contributed by atoms with van der Waals surface area (Å²) in [5.74, 6) is 0. The maximum absolute atomic E-state index is 9.35. The van der Waals surface area contributed by atoms with Crippen LogP contribution in [0.2, 0.25) is 0 Å². The van der Waals surface area contributed by atoms with E-state index in [0.29, 0.717) is 0 Å². The van der Waals surface area contributed by atoms with Crippen LogP contribution < -0.4 is 10.6 Å². The molecule has 1 atom stereocenters. The predicted molar refractivity (Wildman–Crippen MR) is 68.2 cm³/mol. The van der Waals surface area contributed by atoms with Crippen LogP contribution in [0.4, 0.5) is 11.4 Å². The van der Waals surface area contributed by atoms with Crippen LogP contribution in [-0.2, 0) is 0 Å². The summed E-state index contributed by atoms with van der Waals surface area (Å²) >= 11 is 0. The third-order valence-corrected chi connectivity index (χ3v) is 2.42. The molecule has 1 fully saturated rings. The number of aliphatic hydroxyl groups excluding tert-OH is 1. The fourth-order valence-corrected chi connectivity index (χ4v) is 1.66. The lowest BCUT2D eigenvalue weighted by molar-refractivity contribution is 0.198. The van der Waals surface area contributed by atoms with Gasteiger partial charge in [0, 0.05) is 24.5 Å². The van der Waals surface area contributed by atoms with E-state index in [4.69, 9.17) is 5.73 Å². The third-order valence-electron chi connectivity index (χ3n) is 2.42. The standard InChI is InChI=1S/C10H14N2O.2ClH/c11-8-1-3-9(4-2-8)12-6-5-10(13)7-12;;/h1-4,10,13H,5-7,11H2;2*1H/t10-;;/m1../s1. The summed E-state index contributed by atoms with van der Waals surface area (Å²) in [6.07, 6.45) is 0.697. The summed E-state index contributed by atoms with van der Waals surface area (Å²) in [5.41, 5.74) is 7.51. The summed E-state index contributed by atoms with van der Waals surface area (Å²) in [7, 11) is 0. The van der Waals surface area contributed by atoms with Crippen LogP contribution in [0, 0.1) is 0 Å². The van der Waals surface area contributed by atoms with Crippen molar-refractivity contribution < 1.29 is 5.11 Å². The van der Waals surface area contributed by atoms with Crippen molar-refractivity contribution in [2.24, 2.45) is 0 Å². The Hall–Kier alpha value is -0.640. The second-order valence-electron chi connectivity index (χ2n) is 3.48. The highest BCUT2D eigenvalue weighted by Crippen LogP contribution is 2.21. The molecule has 86 valence electrons. The zero-order chi connectivity index (χ0) is 9.26. The molecule has 0 spiro atoms. The molecular formula is C10H16Cl2N2O. The normalized spacial score (nSPS) is 19.3. The van der Waals surface area contributed by atoms with E-state index in [-0.39, 0.29) is 30.9 Å². The lowest BCUT2D eigenvalue weighted by atomic mass is 10.2. The first kappa shape index (κ1) is 14.4. The second kappa shape index (κ2) is 6.05. The molecule has 0 radical (unpaired) electrons. The van der Waals surface area contributed by atoms with Crippen LogP contribution in [0.1, 0.15) is 6.42 Å². The van der Waals surface area contributed by atoms with Crippen LogP contribution >= 0.6 is 24.8 Å². The van der Waals surface area contributed by atoms with Crippen LogP contribution in [0.25, 0.3) is 0 Å². The topological polar surface area (TPSA) is 49.5 Å². The number of β-amino-alcohol motifs (C(OH)–C–C–N with tert-alkyl or cyclic N) is 1. The van der Waals surface area contributed by atoms with E-state index in [1.54, 1.807) is 0 Å². The number of hydrogen-bond acceptors (Lipinski definition) is 3. The third kappa shape index (κ3) is 3.45. The average molecular weight is 251 g/mol. The Morgan fingerprint density at radius 1 is 1.20 bits per heavy atom. The number of nitrogen functional groups attached to an aromatic ring is 1. The number of anilines is 2. The quantitative estimate of drug-likeness (QED) is 0.746. The minimum absolute atomic E-state index is 0. The number of halogens is 2. The number of benzene rings is 1. The minimum atomic E-state index is -0.169. The van der Waals surface area contributed by atoms with Crippen molar-refractivity contribution in [1.82, 2.24) is 0 Å². The highest BCUT2D eigenvalue weighted by Gasteiger charge is 2.19. The molecule has 0 saturated carbocycles. The fraction of sp³-hybridized carbons (Fsp3) is 0.400. The van der Waals surface area contributed by atoms with Gasteiger partial charge in [-0.2, -0.15) is 0 Å². The van der Waals surface area contributed by atoms with Gasteiger partial charge in [0.15, 0.2) is 0 Å². The number of rotatable bonds is 1. The Labute approximate surface area is 102 Å². The summed E-state index contributed by atoms with van der Waals surface area (Å²) in [5, 5.41) is 9.35. The highest BCUT2D eigenvalue weighted by atomic mass is 35.5. The molecule has 2 rings (SSSR count). The summed E-state index contributed by atoms with van der Waals surface area (Å²) in [4.78, 5) is 2.17. The summed E-state index contributed by atoms with van der Waals surface area (Å²) in [6, 6.07) is 7.76. The maximum Gasteiger partial charge on any atom is 0.0731 e. The van der Waals surface area contributed by atoms with Gasteiger partial charge in [-0.15, -0.1) is 24.8 Å². The van der Waals surface area contributed by atoms with Gasteiger partial charge in [0.05, 0.1) is 6.10 Å². The number of aliphatic hydroxyl groups is 1. The number of nitrogens with zero attached hydrogens (tertiary/aromatic N) is 1. The molecule has 15 heavy (non-hydrogen) atoms. The molecule has 1 aromatic carbocycles. The molecule has 0 amide bonds. The van der Waals surface area contributed by atoms with Gasteiger partial charge in [-0.3, -0.25) is 0 Å². The lowest BCUT2D eigenvalue weighted by Gasteiger charge is -2.17. The van der Waals surface area contributed by atoms with Crippen molar-refractivity contribution in [1.29, 1.82) is 0 Å². The second-order valence-corrected chi connectivity index (χ2v) is 3.48. The van der Waals surface area contributed by atoms with Crippen LogP contribution in [0.15, 0.2) is 24.3 Å². The molecule has 5 heteroatoms. The van der Waals surface area contributed by atoms with Gasteiger partial charge in [-0.1, -0.05) is 0 Å². The van der Waals surface area contributed by atoms with Crippen LogP contribution in [0.5, 0.6) is 0 Å². The number of nitrogens with two attached hydrogens (primary N) is 1. The zero-order valence-electron chi connectivity index (χ0n) is 8.30. The van der Waals surface area contributed by atoms with Crippen molar-refractivity contribution in [3.63, 3.8) is 0 Å². The Morgan fingerprint density at radius 2 is 1.80 bits per heavy atom. The fourth-order valence-electron chi connectivity index (χ4n) is 1.66. The van der Waals surface area contributed by atoms with Crippen molar-refractivity contribution in [3.05, 3.63) is 24.3 Å². The molecule has 1 aromatic rings. The molecule has 1 aliphatic heterocycles. The first-order valence-electron chi connectivity index (χ1n) is 4.54.